The molecule has 0 aliphatic carbocycles. The zero-order valence-electron chi connectivity index (χ0n) is 8.22. The molecule has 0 radical (unpaired) electrons. The van der Waals surface area contributed by atoms with Crippen molar-refractivity contribution in [1.82, 2.24) is 0 Å². The van der Waals surface area contributed by atoms with Crippen LogP contribution in [0.4, 0.5) is 0 Å². The Bertz CT molecular complexity index is 385. The fourth-order valence-corrected chi connectivity index (χ4v) is 1.64. The third kappa shape index (κ3) is 1.68. The fourth-order valence-electron chi connectivity index (χ4n) is 1.31. The number of aryl methyl sites for hydroxylation is 1. The molecule has 0 amide bonds. The number of rotatable bonds is 2. The van der Waals surface area contributed by atoms with E-state index in [4.69, 9.17) is 21.4 Å². The van der Waals surface area contributed by atoms with Gasteiger partial charge in [-0.25, -0.2) is 4.79 Å². The van der Waals surface area contributed by atoms with Crippen molar-refractivity contribution in [2.45, 2.75) is 13.8 Å². The van der Waals surface area contributed by atoms with Gasteiger partial charge in [0.25, 0.3) is 0 Å². The largest absolute Gasteiger partial charge is 0.494 e. The third-order valence-corrected chi connectivity index (χ3v) is 2.45. The Hall–Kier alpha value is -1.22. The number of benzene rings is 1. The van der Waals surface area contributed by atoms with Crippen LogP contribution in [0.3, 0.4) is 0 Å². The lowest BCUT2D eigenvalue weighted by molar-refractivity contribution is 0.0692. The highest BCUT2D eigenvalue weighted by molar-refractivity contribution is 6.32. The number of ether oxygens (including phenoxy) is 1. The smallest absolute Gasteiger partial charge is 0.339 e. The average Bonchev–Trinajstić information content (AvgIpc) is 2.10. The van der Waals surface area contributed by atoms with E-state index in [-0.39, 0.29) is 11.3 Å². The molecule has 0 aliphatic rings. The van der Waals surface area contributed by atoms with Crippen LogP contribution in [0.15, 0.2) is 6.07 Å². The van der Waals surface area contributed by atoms with Crippen molar-refractivity contribution in [3.63, 3.8) is 0 Å². The minimum absolute atomic E-state index is 0.137. The highest BCUT2D eigenvalue weighted by atomic mass is 35.5. The zero-order valence-corrected chi connectivity index (χ0v) is 8.97. The van der Waals surface area contributed by atoms with Crippen molar-refractivity contribution >= 4 is 17.6 Å². The van der Waals surface area contributed by atoms with Gasteiger partial charge in [0.2, 0.25) is 0 Å². The van der Waals surface area contributed by atoms with Gasteiger partial charge in [-0.3, -0.25) is 0 Å². The van der Waals surface area contributed by atoms with Crippen LogP contribution in [0.1, 0.15) is 21.5 Å². The summed E-state index contributed by atoms with van der Waals surface area (Å²) in [5.41, 5.74) is 1.66. The second-order valence-corrected chi connectivity index (χ2v) is 3.42. The van der Waals surface area contributed by atoms with Crippen molar-refractivity contribution < 1.29 is 14.6 Å². The molecule has 0 saturated heterocycles. The van der Waals surface area contributed by atoms with Gasteiger partial charge in [0, 0.05) is 0 Å². The molecule has 0 aliphatic heterocycles. The molecule has 0 saturated carbocycles. The number of halogens is 1. The Kier molecular flexibility index (Phi) is 3.01. The van der Waals surface area contributed by atoms with E-state index in [0.717, 1.165) is 5.56 Å². The summed E-state index contributed by atoms with van der Waals surface area (Å²) in [7, 11) is 1.41. The summed E-state index contributed by atoms with van der Waals surface area (Å²) in [5, 5.41) is 9.31. The summed E-state index contributed by atoms with van der Waals surface area (Å²) in [4.78, 5) is 11.0. The summed E-state index contributed by atoms with van der Waals surface area (Å²) in [5.74, 6) is -0.799. The van der Waals surface area contributed by atoms with Crippen LogP contribution in [0.5, 0.6) is 5.75 Å². The predicted molar refractivity (Wildman–Crippen MR) is 54.4 cm³/mol. The van der Waals surface area contributed by atoms with Gasteiger partial charge in [-0.2, -0.15) is 0 Å². The summed E-state index contributed by atoms with van der Waals surface area (Å²) in [6.07, 6.45) is 0. The first-order chi connectivity index (χ1) is 6.49. The standard InChI is InChI=1S/C10H11ClO3/c1-5-4-7(11)9(14-3)8(6(5)2)10(12)13/h4H,1-3H3,(H,12,13). The van der Waals surface area contributed by atoms with E-state index in [1.54, 1.807) is 13.0 Å². The van der Waals surface area contributed by atoms with E-state index in [0.29, 0.717) is 10.6 Å². The molecule has 1 rings (SSSR count). The lowest BCUT2D eigenvalue weighted by Crippen LogP contribution is -2.05. The molecule has 76 valence electrons. The molecule has 3 nitrogen and oxygen atoms in total. The Morgan fingerprint density at radius 2 is 2.07 bits per heavy atom. The minimum Gasteiger partial charge on any atom is -0.494 e. The number of hydrogen-bond donors (Lipinski definition) is 1. The van der Waals surface area contributed by atoms with Crippen LogP contribution in [-0.2, 0) is 0 Å². The molecule has 1 aromatic carbocycles. The highest BCUT2D eigenvalue weighted by Gasteiger charge is 2.18. The number of aromatic carboxylic acids is 1. The van der Waals surface area contributed by atoms with Crippen molar-refractivity contribution in [1.29, 1.82) is 0 Å². The van der Waals surface area contributed by atoms with Gasteiger partial charge in [-0.15, -0.1) is 0 Å². The molecule has 4 heteroatoms. The van der Waals surface area contributed by atoms with Crippen LogP contribution in [-0.4, -0.2) is 18.2 Å². The van der Waals surface area contributed by atoms with E-state index in [1.807, 2.05) is 6.92 Å². The molecule has 0 fully saturated rings. The number of carbonyl (C=O) groups is 1. The van der Waals surface area contributed by atoms with E-state index < -0.39 is 5.97 Å². The Balaban J connectivity index is 3.56. The molecule has 0 aromatic heterocycles. The first kappa shape index (κ1) is 10.9. The van der Waals surface area contributed by atoms with E-state index >= 15 is 0 Å². The summed E-state index contributed by atoms with van der Waals surface area (Å²) < 4.78 is 4.96. The lowest BCUT2D eigenvalue weighted by atomic mass is 10.0. The Morgan fingerprint density at radius 1 is 1.50 bits per heavy atom. The van der Waals surface area contributed by atoms with Gasteiger partial charge in [0.1, 0.15) is 5.56 Å². The number of carboxylic acids is 1. The van der Waals surface area contributed by atoms with Crippen LogP contribution in [0, 0.1) is 13.8 Å². The fraction of sp³-hybridized carbons (Fsp3) is 0.300. The quantitative estimate of drug-likeness (QED) is 0.823. The number of methoxy groups -OCH3 is 1. The van der Waals surface area contributed by atoms with Crippen molar-refractivity contribution in [3.05, 3.63) is 27.8 Å². The second kappa shape index (κ2) is 3.88. The molecular weight excluding hydrogens is 204 g/mol. The maximum absolute atomic E-state index is 11.0. The topological polar surface area (TPSA) is 46.5 Å². The second-order valence-electron chi connectivity index (χ2n) is 3.01. The van der Waals surface area contributed by atoms with Gasteiger partial charge >= 0.3 is 5.97 Å². The van der Waals surface area contributed by atoms with Gasteiger partial charge in [0.05, 0.1) is 12.1 Å². The number of hydrogen-bond acceptors (Lipinski definition) is 2. The molecule has 0 bridgehead atoms. The first-order valence-electron chi connectivity index (χ1n) is 4.06. The van der Waals surface area contributed by atoms with Gasteiger partial charge in [-0.05, 0) is 31.0 Å². The van der Waals surface area contributed by atoms with Crippen LogP contribution in [0.2, 0.25) is 5.02 Å². The maximum atomic E-state index is 11.0. The predicted octanol–water partition coefficient (Wildman–Crippen LogP) is 2.66. The zero-order chi connectivity index (χ0) is 10.9. The average molecular weight is 215 g/mol. The molecule has 0 spiro atoms. The number of carboxylic acid groups (broad SMARTS) is 1. The molecule has 0 heterocycles. The molecule has 14 heavy (non-hydrogen) atoms. The van der Waals surface area contributed by atoms with Crippen molar-refractivity contribution in [2.24, 2.45) is 0 Å². The molecule has 0 atom stereocenters. The maximum Gasteiger partial charge on any atom is 0.339 e. The van der Waals surface area contributed by atoms with Crippen molar-refractivity contribution in [2.75, 3.05) is 7.11 Å². The van der Waals surface area contributed by atoms with E-state index in [1.165, 1.54) is 7.11 Å². The monoisotopic (exact) mass is 214 g/mol. The first-order valence-corrected chi connectivity index (χ1v) is 4.43. The lowest BCUT2D eigenvalue weighted by Gasteiger charge is -2.11. The molecule has 1 N–H and O–H groups in total. The molecule has 0 unspecified atom stereocenters. The van der Waals surface area contributed by atoms with E-state index in [2.05, 4.69) is 0 Å². The Labute approximate surface area is 87.3 Å². The van der Waals surface area contributed by atoms with Crippen molar-refractivity contribution in [3.8, 4) is 5.75 Å². The van der Waals surface area contributed by atoms with Gasteiger partial charge in [0.15, 0.2) is 5.75 Å². The summed E-state index contributed by atoms with van der Waals surface area (Å²) >= 11 is 5.86. The SMILES string of the molecule is COc1c(Cl)cc(C)c(C)c1C(=O)O. The Morgan fingerprint density at radius 3 is 2.50 bits per heavy atom. The normalized spacial score (nSPS) is 10.0. The third-order valence-electron chi connectivity index (χ3n) is 2.17. The van der Waals surface area contributed by atoms with Gasteiger partial charge < -0.3 is 9.84 Å². The molecule has 1 aromatic rings. The molecular formula is C10H11ClO3. The van der Waals surface area contributed by atoms with Crippen LogP contribution >= 0.6 is 11.6 Å². The van der Waals surface area contributed by atoms with E-state index in [9.17, 15) is 4.79 Å². The minimum atomic E-state index is -1.02. The van der Waals surface area contributed by atoms with Crippen LogP contribution in [0.25, 0.3) is 0 Å². The highest BCUT2D eigenvalue weighted by Crippen LogP contribution is 2.33. The van der Waals surface area contributed by atoms with Crippen LogP contribution < -0.4 is 4.74 Å². The summed E-state index contributed by atoms with van der Waals surface area (Å²) in [6.45, 7) is 3.55. The summed E-state index contributed by atoms with van der Waals surface area (Å²) in [6, 6.07) is 1.70. The van der Waals surface area contributed by atoms with Gasteiger partial charge in [-0.1, -0.05) is 11.6 Å².